The summed E-state index contributed by atoms with van der Waals surface area (Å²) in [6.07, 6.45) is 3.24. The maximum absolute atomic E-state index is 12.2. The third-order valence-corrected chi connectivity index (χ3v) is 5.32. The maximum Gasteiger partial charge on any atom is 0.338 e. The van der Waals surface area contributed by atoms with Gasteiger partial charge in [0.1, 0.15) is 0 Å². The molecule has 0 atom stereocenters. The minimum Gasteiger partial charge on any atom is -0.452 e. The number of nitrogens with zero attached hydrogens (tertiary/aromatic N) is 1. The summed E-state index contributed by atoms with van der Waals surface area (Å²) in [5, 5.41) is 4.98. The fraction of sp³-hybridized carbons (Fsp3) is 0.500. The molecule has 10 heteroatoms. The van der Waals surface area contributed by atoms with Crippen molar-refractivity contribution in [2.45, 2.75) is 26.2 Å². The molecular formula is C18H25N3O6S. The molecule has 28 heavy (non-hydrogen) atoms. The van der Waals surface area contributed by atoms with E-state index in [1.54, 1.807) is 12.1 Å². The quantitative estimate of drug-likeness (QED) is 0.589. The van der Waals surface area contributed by atoms with Crippen molar-refractivity contribution in [3.05, 3.63) is 29.3 Å². The van der Waals surface area contributed by atoms with Crippen LogP contribution in [0, 0.1) is 0 Å². The number of hydrogen-bond donors (Lipinski definition) is 2. The van der Waals surface area contributed by atoms with Gasteiger partial charge in [-0.2, -0.15) is 0 Å². The van der Waals surface area contributed by atoms with Crippen molar-refractivity contribution in [2.24, 2.45) is 0 Å². The number of carbonyl (C=O) groups excluding carboxylic acids is 3. The summed E-state index contributed by atoms with van der Waals surface area (Å²) in [5.41, 5.74) is 1.53. The van der Waals surface area contributed by atoms with E-state index in [0.29, 0.717) is 31.6 Å². The number of aryl methyl sites for hydroxylation is 1. The molecule has 0 saturated heterocycles. The molecule has 1 aromatic carbocycles. The van der Waals surface area contributed by atoms with Gasteiger partial charge in [0.2, 0.25) is 15.9 Å². The van der Waals surface area contributed by atoms with E-state index in [1.807, 2.05) is 6.92 Å². The molecule has 0 fully saturated rings. The van der Waals surface area contributed by atoms with Crippen LogP contribution in [-0.4, -0.2) is 58.7 Å². The second-order valence-corrected chi connectivity index (χ2v) is 8.39. The Bertz CT molecular complexity index is 853. The highest BCUT2D eigenvalue weighted by molar-refractivity contribution is 7.92. The number of amides is 2. The lowest BCUT2D eigenvalue weighted by Crippen LogP contribution is -2.39. The summed E-state index contributed by atoms with van der Waals surface area (Å²) < 4.78 is 30.0. The Hall–Kier alpha value is -2.62. The molecule has 0 aromatic heterocycles. The van der Waals surface area contributed by atoms with Crippen LogP contribution in [0.3, 0.4) is 0 Å². The minimum absolute atomic E-state index is 0.184. The Morgan fingerprint density at radius 3 is 2.61 bits per heavy atom. The average molecular weight is 411 g/mol. The summed E-state index contributed by atoms with van der Waals surface area (Å²) in [5.74, 6) is -1.59. The normalized spacial score (nSPS) is 13.4. The summed E-state index contributed by atoms with van der Waals surface area (Å²) in [6.45, 7) is 2.15. The second-order valence-electron chi connectivity index (χ2n) is 6.48. The van der Waals surface area contributed by atoms with Gasteiger partial charge in [-0.15, -0.1) is 0 Å². The van der Waals surface area contributed by atoms with Gasteiger partial charge in [0.15, 0.2) is 6.61 Å². The molecule has 9 nitrogen and oxygen atoms in total. The van der Waals surface area contributed by atoms with Crippen LogP contribution in [0.1, 0.15) is 35.7 Å². The fourth-order valence-electron chi connectivity index (χ4n) is 2.81. The van der Waals surface area contributed by atoms with Crippen molar-refractivity contribution >= 4 is 33.5 Å². The predicted octanol–water partition coefficient (Wildman–Crippen LogP) is 0.198. The first-order valence-electron chi connectivity index (χ1n) is 9.03. The Kier molecular flexibility index (Phi) is 7.38. The van der Waals surface area contributed by atoms with Gasteiger partial charge in [0.05, 0.1) is 24.1 Å². The van der Waals surface area contributed by atoms with E-state index in [9.17, 15) is 22.8 Å². The van der Waals surface area contributed by atoms with Gasteiger partial charge in [0.25, 0.3) is 5.91 Å². The van der Waals surface area contributed by atoms with E-state index in [-0.39, 0.29) is 18.0 Å². The number of anilines is 1. The summed E-state index contributed by atoms with van der Waals surface area (Å²) in [7, 11) is -3.38. The van der Waals surface area contributed by atoms with E-state index < -0.39 is 28.5 Å². The number of benzene rings is 1. The molecule has 154 valence electrons. The van der Waals surface area contributed by atoms with Crippen molar-refractivity contribution in [3.63, 3.8) is 0 Å². The average Bonchev–Trinajstić information content (AvgIpc) is 2.67. The molecule has 0 radical (unpaired) electrons. The predicted molar refractivity (Wildman–Crippen MR) is 104 cm³/mol. The van der Waals surface area contributed by atoms with Crippen LogP contribution >= 0.6 is 0 Å². The number of fused-ring (bicyclic) bond motifs is 1. The number of carbonyl (C=O) groups is 3. The lowest BCUT2D eigenvalue weighted by molar-refractivity contribution is -0.127. The van der Waals surface area contributed by atoms with Crippen molar-refractivity contribution in [2.75, 3.05) is 36.8 Å². The third kappa shape index (κ3) is 5.95. The lowest BCUT2D eigenvalue weighted by Gasteiger charge is -2.29. The van der Waals surface area contributed by atoms with Crippen molar-refractivity contribution in [3.8, 4) is 0 Å². The Morgan fingerprint density at radius 1 is 1.18 bits per heavy atom. The Balaban J connectivity index is 1.91. The van der Waals surface area contributed by atoms with E-state index in [1.165, 1.54) is 10.4 Å². The van der Waals surface area contributed by atoms with Gasteiger partial charge >= 0.3 is 5.97 Å². The highest BCUT2D eigenvalue weighted by Crippen LogP contribution is 2.30. The standard InChI is InChI=1S/C18H25N3O6S/c1-3-8-19-16(22)11-20-17(23)12-27-18(24)14-6-7-15-13(10-14)5-4-9-21(15)28(2,25)26/h6-7,10H,3-5,8-9,11-12H2,1-2H3,(H,19,22)(H,20,23). The molecule has 1 aromatic rings. The number of nitrogens with one attached hydrogen (secondary N) is 2. The Morgan fingerprint density at radius 2 is 1.93 bits per heavy atom. The monoisotopic (exact) mass is 411 g/mol. The lowest BCUT2D eigenvalue weighted by atomic mass is 10.0. The maximum atomic E-state index is 12.2. The largest absolute Gasteiger partial charge is 0.452 e. The number of hydrogen-bond acceptors (Lipinski definition) is 6. The zero-order valence-corrected chi connectivity index (χ0v) is 16.8. The SMILES string of the molecule is CCCNC(=O)CNC(=O)COC(=O)c1ccc2c(c1)CCCN2S(C)(=O)=O. The van der Waals surface area contributed by atoms with Gasteiger partial charge in [-0.1, -0.05) is 6.92 Å². The first-order chi connectivity index (χ1) is 13.2. The topological polar surface area (TPSA) is 122 Å². The highest BCUT2D eigenvalue weighted by Gasteiger charge is 2.25. The first kappa shape index (κ1) is 21.7. The molecule has 1 heterocycles. The van der Waals surface area contributed by atoms with Gasteiger partial charge in [-0.25, -0.2) is 13.2 Å². The fourth-order valence-corrected chi connectivity index (χ4v) is 3.80. The van der Waals surface area contributed by atoms with Gasteiger partial charge in [0, 0.05) is 13.1 Å². The van der Waals surface area contributed by atoms with Crippen molar-refractivity contribution in [1.29, 1.82) is 0 Å². The molecule has 0 saturated carbocycles. The number of ether oxygens (including phenoxy) is 1. The van der Waals surface area contributed by atoms with Crippen LogP contribution in [-0.2, 0) is 30.8 Å². The zero-order valence-electron chi connectivity index (χ0n) is 16.0. The zero-order chi connectivity index (χ0) is 20.7. The van der Waals surface area contributed by atoms with Crippen molar-refractivity contribution < 1.29 is 27.5 Å². The summed E-state index contributed by atoms with van der Waals surface area (Å²) in [4.78, 5) is 35.3. The molecule has 0 bridgehead atoms. The third-order valence-electron chi connectivity index (χ3n) is 4.14. The van der Waals surface area contributed by atoms with Crippen LogP contribution < -0.4 is 14.9 Å². The van der Waals surface area contributed by atoms with Crippen LogP contribution in [0.15, 0.2) is 18.2 Å². The smallest absolute Gasteiger partial charge is 0.338 e. The van der Waals surface area contributed by atoms with Crippen molar-refractivity contribution in [1.82, 2.24) is 10.6 Å². The number of rotatable bonds is 8. The molecule has 2 rings (SSSR count). The molecule has 1 aliphatic heterocycles. The molecule has 1 aliphatic rings. The molecule has 2 amide bonds. The van der Waals surface area contributed by atoms with E-state index in [4.69, 9.17) is 4.74 Å². The first-order valence-corrected chi connectivity index (χ1v) is 10.9. The number of esters is 1. The van der Waals surface area contributed by atoms with Crippen LogP contribution in [0.4, 0.5) is 5.69 Å². The number of sulfonamides is 1. The molecule has 2 N–H and O–H groups in total. The van der Waals surface area contributed by atoms with Crippen LogP contribution in [0.2, 0.25) is 0 Å². The summed E-state index contributed by atoms with van der Waals surface area (Å²) in [6, 6.07) is 4.64. The van der Waals surface area contributed by atoms with Gasteiger partial charge in [-0.05, 0) is 43.0 Å². The summed E-state index contributed by atoms with van der Waals surface area (Å²) >= 11 is 0. The molecule has 0 aliphatic carbocycles. The van der Waals surface area contributed by atoms with Crippen LogP contribution in [0.5, 0.6) is 0 Å². The second kappa shape index (κ2) is 9.54. The van der Waals surface area contributed by atoms with E-state index >= 15 is 0 Å². The van der Waals surface area contributed by atoms with E-state index in [0.717, 1.165) is 18.2 Å². The van der Waals surface area contributed by atoms with E-state index in [2.05, 4.69) is 10.6 Å². The molecule has 0 spiro atoms. The highest BCUT2D eigenvalue weighted by atomic mass is 32.2. The Labute approximate surface area is 164 Å². The molecular weight excluding hydrogens is 386 g/mol. The van der Waals surface area contributed by atoms with Gasteiger partial charge < -0.3 is 15.4 Å². The minimum atomic E-state index is -3.38. The van der Waals surface area contributed by atoms with Crippen LogP contribution in [0.25, 0.3) is 0 Å². The van der Waals surface area contributed by atoms with Gasteiger partial charge in [-0.3, -0.25) is 13.9 Å². The molecule has 0 unspecified atom stereocenters.